The molecule has 152 valence electrons. The van der Waals surface area contributed by atoms with Crippen LogP contribution in [0, 0.1) is 0 Å². The largest absolute Gasteiger partial charge is 0.424 e. The maximum Gasteiger partial charge on any atom is 0.424 e. The molecular formula is C16H23F3IN5OS. The SMILES string of the molecule is CCNC(=NCc1cccs1)NCCC(O)(c1nccn1C)C(F)(F)F.I. The Balaban J connectivity index is 0.00000364. The van der Waals surface area contributed by atoms with E-state index in [-0.39, 0.29) is 30.5 Å². The summed E-state index contributed by atoms with van der Waals surface area (Å²) in [6.45, 7) is 2.73. The van der Waals surface area contributed by atoms with Gasteiger partial charge < -0.3 is 20.3 Å². The van der Waals surface area contributed by atoms with Crippen LogP contribution in [0.5, 0.6) is 0 Å². The minimum atomic E-state index is -4.85. The Hall–Kier alpha value is -1.34. The van der Waals surface area contributed by atoms with Crippen molar-refractivity contribution in [1.29, 1.82) is 0 Å². The number of nitrogens with zero attached hydrogens (tertiary/aromatic N) is 3. The first-order chi connectivity index (χ1) is 12.3. The molecule has 3 N–H and O–H groups in total. The molecule has 0 fully saturated rings. The van der Waals surface area contributed by atoms with Gasteiger partial charge in [0.2, 0.25) is 5.60 Å². The van der Waals surface area contributed by atoms with E-state index in [9.17, 15) is 18.3 Å². The number of guanidine groups is 1. The second-order valence-corrected chi connectivity index (χ2v) is 6.70. The third kappa shape index (κ3) is 6.07. The fraction of sp³-hybridized carbons (Fsp3) is 0.500. The van der Waals surface area contributed by atoms with Gasteiger partial charge in [-0.15, -0.1) is 35.3 Å². The third-order valence-electron chi connectivity index (χ3n) is 3.76. The van der Waals surface area contributed by atoms with Gasteiger partial charge in [0.25, 0.3) is 0 Å². The molecule has 1 atom stereocenters. The van der Waals surface area contributed by atoms with Crippen molar-refractivity contribution in [2.45, 2.75) is 31.7 Å². The van der Waals surface area contributed by atoms with Crippen molar-refractivity contribution in [3.63, 3.8) is 0 Å². The number of aryl methyl sites for hydroxylation is 1. The molecule has 0 radical (unpaired) electrons. The monoisotopic (exact) mass is 517 g/mol. The van der Waals surface area contributed by atoms with Gasteiger partial charge in [-0.1, -0.05) is 6.07 Å². The number of alkyl halides is 3. The van der Waals surface area contributed by atoms with Gasteiger partial charge in [-0.3, -0.25) is 0 Å². The molecule has 0 bridgehead atoms. The van der Waals surface area contributed by atoms with Crippen LogP contribution < -0.4 is 10.6 Å². The van der Waals surface area contributed by atoms with E-state index in [1.807, 2.05) is 24.4 Å². The number of aromatic nitrogens is 2. The average Bonchev–Trinajstić information content (AvgIpc) is 3.22. The smallest absolute Gasteiger partial charge is 0.374 e. The van der Waals surface area contributed by atoms with Crippen LogP contribution in [0.2, 0.25) is 0 Å². The number of imidazole rings is 1. The Kier molecular flexibility index (Phi) is 9.02. The van der Waals surface area contributed by atoms with Gasteiger partial charge in [-0.05, 0) is 18.4 Å². The zero-order chi connectivity index (χ0) is 19.2. The van der Waals surface area contributed by atoms with Crippen LogP contribution in [0.4, 0.5) is 13.2 Å². The van der Waals surface area contributed by atoms with Gasteiger partial charge in [0.05, 0.1) is 6.54 Å². The minimum absolute atomic E-state index is 0. The molecule has 2 aromatic rings. The van der Waals surface area contributed by atoms with Crippen molar-refractivity contribution in [2.75, 3.05) is 13.1 Å². The van der Waals surface area contributed by atoms with Gasteiger partial charge in [0.15, 0.2) is 5.96 Å². The number of thiophene rings is 1. The van der Waals surface area contributed by atoms with Gasteiger partial charge in [-0.25, -0.2) is 9.98 Å². The highest BCUT2D eigenvalue weighted by atomic mass is 127. The lowest BCUT2D eigenvalue weighted by atomic mass is 9.97. The van der Waals surface area contributed by atoms with Crippen molar-refractivity contribution in [2.24, 2.45) is 12.0 Å². The van der Waals surface area contributed by atoms with Crippen molar-refractivity contribution in [3.8, 4) is 0 Å². The molecule has 0 saturated heterocycles. The molecule has 0 spiro atoms. The summed E-state index contributed by atoms with van der Waals surface area (Å²) in [5, 5.41) is 18.1. The number of hydrogen-bond donors (Lipinski definition) is 3. The van der Waals surface area contributed by atoms with E-state index < -0.39 is 24.0 Å². The fourth-order valence-corrected chi connectivity index (χ4v) is 3.04. The van der Waals surface area contributed by atoms with Crippen molar-refractivity contribution in [3.05, 3.63) is 40.6 Å². The summed E-state index contributed by atoms with van der Waals surface area (Å²) in [7, 11) is 1.42. The van der Waals surface area contributed by atoms with Crippen LogP contribution in [0.3, 0.4) is 0 Å². The van der Waals surface area contributed by atoms with E-state index in [1.54, 1.807) is 11.3 Å². The Morgan fingerprint density at radius 1 is 1.37 bits per heavy atom. The number of aliphatic imine (C=N–C) groups is 1. The number of halogens is 4. The number of nitrogens with one attached hydrogen (secondary N) is 2. The van der Waals surface area contributed by atoms with E-state index in [0.717, 1.165) is 4.88 Å². The van der Waals surface area contributed by atoms with E-state index in [4.69, 9.17) is 0 Å². The first-order valence-electron chi connectivity index (χ1n) is 8.09. The number of aliphatic hydroxyl groups is 1. The second-order valence-electron chi connectivity index (χ2n) is 5.67. The zero-order valence-electron chi connectivity index (χ0n) is 15.0. The lowest BCUT2D eigenvalue weighted by Gasteiger charge is -2.30. The summed E-state index contributed by atoms with van der Waals surface area (Å²) in [5.41, 5.74) is -3.04. The van der Waals surface area contributed by atoms with Crippen LogP contribution in [-0.4, -0.2) is 39.9 Å². The molecule has 0 amide bonds. The lowest BCUT2D eigenvalue weighted by Crippen LogP contribution is -2.47. The average molecular weight is 517 g/mol. The van der Waals surface area contributed by atoms with E-state index in [2.05, 4.69) is 20.6 Å². The van der Waals surface area contributed by atoms with Crippen LogP contribution in [0.1, 0.15) is 24.0 Å². The van der Waals surface area contributed by atoms with Crippen LogP contribution in [0.25, 0.3) is 0 Å². The Labute approximate surface area is 176 Å². The first-order valence-corrected chi connectivity index (χ1v) is 8.97. The molecule has 6 nitrogen and oxygen atoms in total. The molecule has 11 heteroatoms. The Morgan fingerprint density at radius 2 is 2.11 bits per heavy atom. The minimum Gasteiger partial charge on any atom is -0.374 e. The summed E-state index contributed by atoms with van der Waals surface area (Å²) < 4.78 is 41.6. The summed E-state index contributed by atoms with van der Waals surface area (Å²) in [6.07, 6.45) is -2.84. The number of hydrogen-bond acceptors (Lipinski definition) is 4. The molecule has 0 aliphatic carbocycles. The molecule has 0 aliphatic rings. The topological polar surface area (TPSA) is 74.5 Å². The highest BCUT2D eigenvalue weighted by Crippen LogP contribution is 2.40. The summed E-state index contributed by atoms with van der Waals surface area (Å²) in [6, 6.07) is 3.84. The molecular weight excluding hydrogens is 494 g/mol. The van der Waals surface area contributed by atoms with Crippen LogP contribution in [0.15, 0.2) is 34.9 Å². The van der Waals surface area contributed by atoms with E-state index in [0.29, 0.717) is 19.0 Å². The molecule has 0 aliphatic heterocycles. The molecule has 1 unspecified atom stereocenters. The normalized spacial score (nSPS) is 14.4. The highest BCUT2D eigenvalue weighted by molar-refractivity contribution is 14.0. The fourth-order valence-electron chi connectivity index (χ4n) is 2.41. The lowest BCUT2D eigenvalue weighted by molar-refractivity contribution is -0.272. The Bertz CT molecular complexity index is 720. The van der Waals surface area contributed by atoms with Crippen molar-refractivity contribution >= 4 is 41.3 Å². The molecule has 0 aromatic carbocycles. The summed E-state index contributed by atoms with van der Waals surface area (Å²) in [5.74, 6) is -0.0439. The van der Waals surface area contributed by atoms with Gasteiger partial charge in [0, 0.05) is 43.8 Å². The summed E-state index contributed by atoms with van der Waals surface area (Å²) >= 11 is 1.55. The molecule has 2 heterocycles. The van der Waals surface area contributed by atoms with Gasteiger partial charge in [0.1, 0.15) is 5.82 Å². The predicted octanol–water partition coefficient (Wildman–Crippen LogP) is 2.99. The molecule has 2 rings (SSSR count). The van der Waals surface area contributed by atoms with E-state index in [1.165, 1.54) is 24.0 Å². The van der Waals surface area contributed by atoms with Gasteiger partial charge in [-0.2, -0.15) is 13.2 Å². The van der Waals surface area contributed by atoms with Crippen LogP contribution in [-0.2, 0) is 19.2 Å². The van der Waals surface area contributed by atoms with Crippen molar-refractivity contribution in [1.82, 2.24) is 20.2 Å². The standard InChI is InChI=1S/C16H22F3N5OS.HI/c1-3-20-14(23-11-12-5-4-10-26-12)22-7-6-15(25,16(17,18)19)13-21-8-9-24(13)2;/h4-5,8-10,25H,3,6-7,11H2,1-2H3,(H2,20,22,23);1H. The molecule has 2 aromatic heterocycles. The predicted molar refractivity (Wildman–Crippen MR) is 110 cm³/mol. The van der Waals surface area contributed by atoms with Crippen LogP contribution >= 0.6 is 35.3 Å². The second kappa shape index (κ2) is 10.3. The quantitative estimate of drug-likeness (QED) is 0.300. The van der Waals surface area contributed by atoms with Crippen molar-refractivity contribution < 1.29 is 18.3 Å². The maximum absolute atomic E-state index is 13.5. The van der Waals surface area contributed by atoms with Gasteiger partial charge >= 0.3 is 6.18 Å². The molecule has 0 saturated carbocycles. The maximum atomic E-state index is 13.5. The third-order valence-corrected chi connectivity index (χ3v) is 4.62. The first kappa shape index (κ1) is 23.7. The summed E-state index contributed by atoms with van der Waals surface area (Å²) in [4.78, 5) is 9.06. The highest BCUT2D eigenvalue weighted by Gasteiger charge is 2.57. The Morgan fingerprint density at radius 3 is 2.63 bits per heavy atom. The van der Waals surface area contributed by atoms with E-state index >= 15 is 0 Å². The zero-order valence-corrected chi connectivity index (χ0v) is 18.1. The number of rotatable bonds is 7. The molecule has 27 heavy (non-hydrogen) atoms.